The molecule has 0 saturated heterocycles. The molecule has 0 radical (unpaired) electrons. The molecule has 0 atom stereocenters. The molecule has 72 valence electrons. The third-order valence-electron chi connectivity index (χ3n) is 2.46. The molecule has 14 heavy (non-hydrogen) atoms. The average molecular weight is 185 g/mol. The summed E-state index contributed by atoms with van der Waals surface area (Å²) in [6.07, 6.45) is 7.54. The molecule has 0 aliphatic carbocycles. The highest BCUT2D eigenvalue weighted by molar-refractivity contribution is 5.82. The Bertz CT molecular complexity index is 463. The van der Waals surface area contributed by atoms with E-state index in [4.69, 9.17) is 0 Å². The molecule has 1 nitrogen and oxygen atoms in total. The minimum Gasteiger partial charge on any atom is -0.351 e. The Kier molecular flexibility index (Phi) is 2.40. The highest BCUT2D eigenvalue weighted by Crippen LogP contribution is 2.17. The maximum atomic E-state index is 2.22. The number of allylic oxidation sites excluding steroid dienone is 1. The van der Waals surface area contributed by atoms with Gasteiger partial charge in [0.05, 0.1) is 0 Å². The van der Waals surface area contributed by atoms with Gasteiger partial charge < -0.3 is 4.57 Å². The highest BCUT2D eigenvalue weighted by Gasteiger charge is 1.96. The largest absolute Gasteiger partial charge is 0.351 e. The number of aryl methyl sites for hydroxylation is 1. The quantitative estimate of drug-likeness (QED) is 0.673. The van der Waals surface area contributed by atoms with Crippen molar-refractivity contribution >= 4 is 17.0 Å². The molecule has 0 N–H and O–H groups in total. The molecule has 0 saturated carbocycles. The number of hydrogen-bond donors (Lipinski definition) is 0. The van der Waals surface area contributed by atoms with Crippen LogP contribution in [-0.4, -0.2) is 4.57 Å². The second-order valence-corrected chi connectivity index (χ2v) is 3.56. The van der Waals surface area contributed by atoms with E-state index in [1.807, 2.05) is 0 Å². The maximum Gasteiger partial charge on any atom is 0.0483 e. The number of hydrogen-bond acceptors (Lipinski definition) is 0. The number of fused-ring (bicyclic) bond motifs is 1. The summed E-state index contributed by atoms with van der Waals surface area (Å²) >= 11 is 0. The van der Waals surface area contributed by atoms with E-state index >= 15 is 0 Å². The van der Waals surface area contributed by atoms with Crippen molar-refractivity contribution in [3.63, 3.8) is 0 Å². The molecule has 0 fully saturated rings. The summed E-state index contributed by atoms with van der Waals surface area (Å²) in [6, 6.07) is 8.70. The van der Waals surface area contributed by atoms with Gasteiger partial charge >= 0.3 is 0 Å². The summed E-state index contributed by atoms with van der Waals surface area (Å²) in [4.78, 5) is 0. The van der Waals surface area contributed by atoms with Gasteiger partial charge in [0.2, 0.25) is 0 Å². The number of nitrogens with zero attached hydrogens (tertiary/aromatic N) is 1. The van der Waals surface area contributed by atoms with Crippen molar-refractivity contribution in [3.05, 3.63) is 42.1 Å². The average Bonchev–Trinajstić information content (AvgIpc) is 2.57. The van der Waals surface area contributed by atoms with Crippen molar-refractivity contribution in [2.24, 2.45) is 7.05 Å². The Balaban J connectivity index is 2.49. The minimum absolute atomic E-state index is 1.09. The topological polar surface area (TPSA) is 4.93 Å². The van der Waals surface area contributed by atoms with E-state index in [2.05, 4.69) is 61.2 Å². The molecule has 2 aromatic rings. The van der Waals surface area contributed by atoms with Crippen molar-refractivity contribution in [2.75, 3.05) is 0 Å². The van der Waals surface area contributed by atoms with Crippen LogP contribution in [0.5, 0.6) is 0 Å². The van der Waals surface area contributed by atoms with E-state index in [0.29, 0.717) is 0 Å². The fourth-order valence-corrected chi connectivity index (χ4v) is 1.64. The molecule has 1 heteroatoms. The molecule has 0 aliphatic rings. The van der Waals surface area contributed by atoms with Crippen LogP contribution in [-0.2, 0) is 7.05 Å². The van der Waals surface area contributed by atoms with Gasteiger partial charge in [0.1, 0.15) is 0 Å². The zero-order valence-electron chi connectivity index (χ0n) is 8.70. The van der Waals surface area contributed by atoms with Gasteiger partial charge in [0.25, 0.3) is 0 Å². The number of benzene rings is 1. The Labute approximate surface area is 84.7 Å². The lowest BCUT2D eigenvalue weighted by Gasteiger charge is -1.98. The predicted octanol–water partition coefficient (Wildman–Crippen LogP) is 3.60. The van der Waals surface area contributed by atoms with Crippen LogP contribution in [0.1, 0.15) is 18.9 Å². The van der Waals surface area contributed by atoms with Gasteiger partial charge in [0, 0.05) is 18.8 Å². The molecule has 1 aromatic heterocycles. The van der Waals surface area contributed by atoms with Crippen LogP contribution in [0.25, 0.3) is 17.0 Å². The van der Waals surface area contributed by atoms with Crippen LogP contribution in [0, 0.1) is 0 Å². The van der Waals surface area contributed by atoms with E-state index < -0.39 is 0 Å². The molecule has 0 bridgehead atoms. The van der Waals surface area contributed by atoms with E-state index in [9.17, 15) is 0 Å². The van der Waals surface area contributed by atoms with Gasteiger partial charge in [-0.05, 0) is 29.5 Å². The zero-order chi connectivity index (χ0) is 9.97. The Morgan fingerprint density at radius 1 is 1.29 bits per heavy atom. The van der Waals surface area contributed by atoms with Gasteiger partial charge in [-0.3, -0.25) is 0 Å². The van der Waals surface area contributed by atoms with E-state index in [1.54, 1.807) is 0 Å². The number of rotatable bonds is 2. The first kappa shape index (κ1) is 9.07. The monoisotopic (exact) mass is 185 g/mol. The SMILES string of the molecule is CC/C=C/c1ccc2ccn(C)c2c1. The van der Waals surface area contributed by atoms with Gasteiger partial charge in [-0.2, -0.15) is 0 Å². The standard InChI is InChI=1S/C13H15N/c1-3-4-5-11-6-7-12-8-9-14(2)13(12)10-11/h4-10H,3H2,1-2H3/b5-4+. The molecule has 1 heterocycles. The lowest BCUT2D eigenvalue weighted by molar-refractivity contribution is 0.969. The van der Waals surface area contributed by atoms with Crippen LogP contribution >= 0.6 is 0 Å². The number of aromatic nitrogens is 1. The fourth-order valence-electron chi connectivity index (χ4n) is 1.64. The van der Waals surface area contributed by atoms with Crippen LogP contribution in [0.15, 0.2) is 36.5 Å². The third kappa shape index (κ3) is 1.58. The first-order valence-corrected chi connectivity index (χ1v) is 5.03. The molecular weight excluding hydrogens is 170 g/mol. The maximum absolute atomic E-state index is 2.22. The Morgan fingerprint density at radius 2 is 2.14 bits per heavy atom. The highest BCUT2D eigenvalue weighted by atomic mass is 14.9. The first-order valence-electron chi connectivity index (χ1n) is 5.03. The van der Waals surface area contributed by atoms with Crippen molar-refractivity contribution in [3.8, 4) is 0 Å². The molecule has 1 aromatic carbocycles. The second-order valence-electron chi connectivity index (χ2n) is 3.56. The summed E-state index contributed by atoms with van der Waals surface area (Å²) in [5.41, 5.74) is 2.57. The van der Waals surface area contributed by atoms with E-state index in [1.165, 1.54) is 16.5 Å². The minimum atomic E-state index is 1.09. The summed E-state index contributed by atoms with van der Waals surface area (Å²) in [5, 5.41) is 1.31. The van der Waals surface area contributed by atoms with E-state index in [0.717, 1.165) is 6.42 Å². The first-order chi connectivity index (χ1) is 6.81. The van der Waals surface area contributed by atoms with E-state index in [-0.39, 0.29) is 0 Å². The molecule has 0 aliphatic heterocycles. The smallest absolute Gasteiger partial charge is 0.0483 e. The van der Waals surface area contributed by atoms with Crippen molar-refractivity contribution < 1.29 is 0 Å². The molecular formula is C13H15N. The van der Waals surface area contributed by atoms with Gasteiger partial charge in [0.15, 0.2) is 0 Å². The summed E-state index contributed by atoms with van der Waals surface area (Å²) in [5.74, 6) is 0. The summed E-state index contributed by atoms with van der Waals surface area (Å²) < 4.78 is 2.15. The molecule has 0 unspecified atom stereocenters. The molecule has 0 spiro atoms. The van der Waals surface area contributed by atoms with Gasteiger partial charge in [-0.15, -0.1) is 0 Å². The lowest BCUT2D eigenvalue weighted by Crippen LogP contribution is -1.83. The second kappa shape index (κ2) is 3.70. The third-order valence-corrected chi connectivity index (χ3v) is 2.46. The normalized spacial score (nSPS) is 11.6. The summed E-state index contributed by atoms with van der Waals surface area (Å²) in [6.45, 7) is 2.15. The van der Waals surface area contributed by atoms with Crippen molar-refractivity contribution in [1.29, 1.82) is 0 Å². The predicted molar refractivity (Wildman–Crippen MR) is 62.2 cm³/mol. The van der Waals surface area contributed by atoms with Crippen LogP contribution < -0.4 is 0 Å². The van der Waals surface area contributed by atoms with Crippen LogP contribution in [0.4, 0.5) is 0 Å². The lowest BCUT2D eigenvalue weighted by atomic mass is 10.1. The van der Waals surface area contributed by atoms with Crippen LogP contribution in [0.3, 0.4) is 0 Å². The zero-order valence-corrected chi connectivity index (χ0v) is 8.70. The Hall–Kier alpha value is -1.50. The molecule has 2 rings (SSSR count). The Morgan fingerprint density at radius 3 is 2.93 bits per heavy atom. The summed E-state index contributed by atoms with van der Waals surface area (Å²) in [7, 11) is 2.08. The van der Waals surface area contributed by atoms with Crippen LogP contribution in [0.2, 0.25) is 0 Å². The fraction of sp³-hybridized carbons (Fsp3) is 0.231. The van der Waals surface area contributed by atoms with Gasteiger partial charge in [-0.25, -0.2) is 0 Å². The molecule has 0 amide bonds. The van der Waals surface area contributed by atoms with Crippen molar-refractivity contribution in [2.45, 2.75) is 13.3 Å². The van der Waals surface area contributed by atoms with Gasteiger partial charge in [-0.1, -0.05) is 31.2 Å². The van der Waals surface area contributed by atoms with Crippen molar-refractivity contribution in [1.82, 2.24) is 4.57 Å².